The van der Waals surface area contributed by atoms with Gasteiger partial charge in [-0.05, 0) is 12.8 Å². The summed E-state index contributed by atoms with van der Waals surface area (Å²) in [5, 5.41) is 0. The van der Waals surface area contributed by atoms with Gasteiger partial charge >= 0.3 is 0 Å². The summed E-state index contributed by atoms with van der Waals surface area (Å²) in [6.07, 6.45) is 1.23. The van der Waals surface area contributed by atoms with Gasteiger partial charge < -0.3 is 0 Å². The summed E-state index contributed by atoms with van der Waals surface area (Å²) in [6.45, 7) is 0. The van der Waals surface area contributed by atoms with E-state index in [1.54, 1.807) is 0 Å². The molecule has 2 saturated carbocycles. The molecule has 15 heavy (non-hydrogen) atoms. The monoisotopic (exact) mass is 316 g/mol. The molecule has 0 aromatic heterocycles. The van der Waals surface area contributed by atoms with E-state index in [0.717, 1.165) is 0 Å². The Morgan fingerprint density at radius 2 is 1.80 bits per heavy atom. The van der Waals surface area contributed by atoms with Crippen LogP contribution in [0.1, 0.15) is 19.3 Å². The summed E-state index contributed by atoms with van der Waals surface area (Å²) in [5.74, 6) is -0.482. The Bertz CT molecular complexity index is 548. The van der Waals surface area contributed by atoms with Crippen LogP contribution in [0.25, 0.3) is 0 Å². The fourth-order valence-corrected chi connectivity index (χ4v) is 8.55. The van der Waals surface area contributed by atoms with Crippen LogP contribution >= 0.6 is 15.9 Å². The first-order valence-electron chi connectivity index (χ1n) is 4.25. The van der Waals surface area contributed by atoms with Gasteiger partial charge in [-0.3, -0.25) is 4.79 Å². The Labute approximate surface area is 95.6 Å². The number of hydrogen-bond donors (Lipinski definition) is 0. The Hall–Kier alpha value is 0.0500. The van der Waals surface area contributed by atoms with Gasteiger partial charge in [0.1, 0.15) is 0 Å². The summed E-state index contributed by atoms with van der Waals surface area (Å²) >= 11 is 3.18. The number of carbonyl (C=O) groups is 1. The third kappa shape index (κ3) is 1.10. The van der Waals surface area contributed by atoms with Crippen LogP contribution in [-0.4, -0.2) is 37.9 Å². The molecule has 2 atom stereocenters. The van der Waals surface area contributed by atoms with Crippen molar-refractivity contribution in [1.82, 2.24) is 0 Å². The number of hydrogen-bond acceptors (Lipinski definition) is 5. The van der Waals surface area contributed by atoms with Crippen molar-refractivity contribution >= 4 is 39.5 Å². The lowest BCUT2D eigenvalue weighted by molar-refractivity contribution is -0.118. The van der Waals surface area contributed by atoms with Crippen LogP contribution in [0.3, 0.4) is 0 Å². The zero-order chi connectivity index (χ0) is 11.7. The van der Waals surface area contributed by atoms with Gasteiger partial charge in [-0.15, -0.1) is 0 Å². The second-order valence-electron chi connectivity index (χ2n) is 4.05. The van der Waals surface area contributed by atoms with Crippen LogP contribution in [0.15, 0.2) is 0 Å². The van der Waals surface area contributed by atoms with Gasteiger partial charge in [-0.25, -0.2) is 16.8 Å². The van der Waals surface area contributed by atoms with Crippen molar-refractivity contribution < 1.29 is 21.6 Å². The van der Waals surface area contributed by atoms with Gasteiger partial charge in [0.15, 0.2) is 10.5 Å². The fraction of sp³-hybridized carbons (Fsp3) is 0.857. The Balaban J connectivity index is 2.65. The molecule has 86 valence electrons. The highest BCUT2D eigenvalue weighted by Crippen LogP contribution is 2.68. The summed E-state index contributed by atoms with van der Waals surface area (Å²) in [5.41, 5.74) is 0. The van der Waals surface area contributed by atoms with Gasteiger partial charge in [0.2, 0.25) is 0 Å². The largest absolute Gasteiger partial charge is 0.298 e. The highest BCUT2D eigenvalue weighted by molar-refractivity contribution is 9.10. The molecule has 2 fully saturated rings. The van der Waals surface area contributed by atoms with Crippen molar-refractivity contribution in [2.45, 2.75) is 28.3 Å². The maximum Gasteiger partial charge on any atom is 0.267 e. The molecule has 0 saturated heterocycles. The molecule has 0 amide bonds. The predicted molar refractivity (Wildman–Crippen MR) is 57.0 cm³/mol. The molecule has 0 radical (unpaired) electrons. The minimum Gasteiger partial charge on any atom is -0.298 e. The second kappa shape index (κ2) is 2.65. The van der Waals surface area contributed by atoms with Gasteiger partial charge in [0.05, 0.1) is 10.6 Å². The highest BCUT2D eigenvalue weighted by atomic mass is 79.9. The van der Waals surface area contributed by atoms with E-state index in [9.17, 15) is 21.6 Å². The highest BCUT2D eigenvalue weighted by Gasteiger charge is 2.82. The van der Waals surface area contributed by atoms with Crippen molar-refractivity contribution in [2.24, 2.45) is 0 Å². The van der Waals surface area contributed by atoms with Crippen molar-refractivity contribution in [3.05, 3.63) is 0 Å². The standard InChI is InChI=1S/C7H9BrO5S2/c1-14(10,11)15(12,13)7-4-6(7,8)3-2-5(7)9/h2-4H2,1H3/t6-,7-/m0/s1. The lowest BCUT2D eigenvalue weighted by Crippen LogP contribution is -2.38. The van der Waals surface area contributed by atoms with E-state index >= 15 is 0 Å². The lowest BCUT2D eigenvalue weighted by atomic mass is 10.2. The van der Waals surface area contributed by atoms with Crippen LogP contribution in [0.5, 0.6) is 0 Å². The molecule has 2 aliphatic carbocycles. The molecule has 0 spiro atoms. The molecule has 2 aliphatic rings. The van der Waals surface area contributed by atoms with E-state index < -0.39 is 32.6 Å². The zero-order valence-corrected chi connectivity index (χ0v) is 11.1. The first-order chi connectivity index (χ1) is 6.58. The number of carbonyl (C=O) groups excluding carboxylic acids is 1. The van der Waals surface area contributed by atoms with Crippen LogP contribution < -0.4 is 0 Å². The minimum absolute atomic E-state index is 0.0776. The Kier molecular flexibility index (Phi) is 2.04. The topological polar surface area (TPSA) is 85.3 Å². The van der Waals surface area contributed by atoms with Gasteiger partial charge in [0.25, 0.3) is 17.7 Å². The summed E-state index contributed by atoms with van der Waals surface area (Å²) in [4.78, 5) is 11.6. The smallest absolute Gasteiger partial charge is 0.267 e. The number of fused-ring (bicyclic) bond motifs is 1. The summed E-state index contributed by atoms with van der Waals surface area (Å²) in [6, 6.07) is 0. The number of Topliss-reactive ketones (excluding diaryl/α,β-unsaturated/α-hetero) is 1. The quantitative estimate of drug-likeness (QED) is 0.529. The number of ketones is 1. The molecule has 0 N–H and O–H groups in total. The third-order valence-electron chi connectivity index (χ3n) is 3.15. The molecule has 0 aliphatic heterocycles. The molecule has 0 aromatic carbocycles. The normalized spacial score (nSPS) is 40.3. The molecular formula is C7H9BrO5S2. The predicted octanol–water partition coefficient (Wildman–Crippen LogP) is -0.0001000. The van der Waals surface area contributed by atoms with E-state index in [1.165, 1.54) is 0 Å². The average molecular weight is 317 g/mol. The Morgan fingerprint density at radius 3 is 2.07 bits per heavy atom. The van der Waals surface area contributed by atoms with Crippen molar-refractivity contribution in [2.75, 3.05) is 6.26 Å². The summed E-state index contributed by atoms with van der Waals surface area (Å²) in [7, 11) is -8.69. The first-order valence-corrected chi connectivity index (χ1v) is 8.94. The van der Waals surface area contributed by atoms with Crippen LogP contribution in [0.2, 0.25) is 0 Å². The molecule has 5 nitrogen and oxygen atoms in total. The molecule has 0 heterocycles. The van der Waals surface area contributed by atoms with Crippen LogP contribution in [0.4, 0.5) is 0 Å². The van der Waals surface area contributed by atoms with Gasteiger partial charge in [0, 0.05) is 6.42 Å². The molecule has 0 bridgehead atoms. The minimum atomic E-state index is -4.43. The van der Waals surface area contributed by atoms with Crippen molar-refractivity contribution in [1.29, 1.82) is 0 Å². The Morgan fingerprint density at radius 1 is 1.27 bits per heavy atom. The fourth-order valence-electron chi connectivity index (χ4n) is 2.21. The SMILES string of the molecule is CS(=O)(=O)S(=O)(=O)[C@]12C[C@@]1(Br)CCC2=O. The first kappa shape index (κ1) is 11.5. The van der Waals surface area contributed by atoms with E-state index in [1.807, 2.05) is 0 Å². The van der Waals surface area contributed by atoms with Crippen molar-refractivity contribution in [3.63, 3.8) is 0 Å². The van der Waals surface area contributed by atoms with Gasteiger partial charge in [-0.2, -0.15) is 0 Å². The summed E-state index contributed by atoms with van der Waals surface area (Å²) < 4.78 is 43.5. The molecule has 0 unspecified atom stereocenters. The van der Waals surface area contributed by atoms with Crippen molar-refractivity contribution in [3.8, 4) is 0 Å². The molecular weight excluding hydrogens is 308 g/mol. The molecule has 0 aromatic rings. The van der Waals surface area contributed by atoms with E-state index in [-0.39, 0.29) is 12.8 Å². The van der Waals surface area contributed by atoms with Crippen LogP contribution in [0, 0.1) is 0 Å². The number of halogens is 1. The van der Waals surface area contributed by atoms with E-state index in [0.29, 0.717) is 12.7 Å². The van der Waals surface area contributed by atoms with Crippen LogP contribution in [-0.2, 0) is 22.5 Å². The lowest BCUT2D eigenvalue weighted by Gasteiger charge is -2.11. The second-order valence-corrected chi connectivity index (χ2v) is 11.7. The zero-order valence-electron chi connectivity index (χ0n) is 7.86. The van der Waals surface area contributed by atoms with E-state index in [4.69, 9.17) is 0 Å². The maximum atomic E-state index is 11.8. The maximum absolute atomic E-state index is 11.8. The van der Waals surface area contributed by atoms with Gasteiger partial charge in [-0.1, -0.05) is 15.9 Å². The average Bonchev–Trinajstić information content (AvgIpc) is 2.61. The number of rotatable bonds is 2. The third-order valence-corrected chi connectivity index (χ3v) is 10.4. The molecule has 2 rings (SSSR count). The number of alkyl halides is 1. The van der Waals surface area contributed by atoms with E-state index in [2.05, 4.69) is 15.9 Å². The molecule has 8 heteroatoms.